The molecule has 0 amide bonds. The van der Waals surface area contributed by atoms with Crippen molar-refractivity contribution in [1.82, 2.24) is 9.97 Å². The molecule has 2 aromatic rings. The molecule has 4 nitrogen and oxygen atoms in total. The molecule has 110 valence electrons. The molecule has 21 heavy (non-hydrogen) atoms. The molecule has 0 fully saturated rings. The SMILES string of the molecule is CC(C)c1c(Cl)ncnc1Sc1ccc2c(c1)OCCO2. The van der Waals surface area contributed by atoms with Gasteiger partial charge in [-0.25, -0.2) is 9.97 Å². The van der Waals surface area contributed by atoms with Gasteiger partial charge in [0.15, 0.2) is 11.5 Å². The third-order valence-corrected chi connectivity index (χ3v) is 4.41. The lowest BCUT2D eigenvalue weighted by Crippen LogP contribution is -2.15. The average Bonchev–Trinajstić information content (AvgIpc) is 2.47. The molecule has 1 aromatic heterocycles. The monoisotopic (exact) mass is 322 g/mol. The Labute approximate surface area is 132 Å². The molecule has 3 rings (SSSR count). The largest absolute Gasteiger partial charge is 0.486 e. The van der Waals surface area contributed by atoms with Crippen molar-refractivity contribution in [3.63, 3.8) is 0 Å². The lowest BCUT2D eigenvalue weighted by atomic mass is 10.1. The van der Waals surface area contributed by atoms with Crippen LogP contribution in [0.2, 0.25) is 5.15 Å². The summed E-state index contributed by atoms with van der Waals surface area (Å²) in [5.74, 6) is 1.83. The molecule has 0 radical (unpaired) electrons. The van der Waals surface area contributed by atoms with Gasteiger partial charge in [0.25, 0.3) is 0 Å². The van der Waals surface area contributed by atoms with Gasteiger partial charge in [0.1, 0.15) is 29.7 Å². The van der Waals surface area contributed by atoms with E-state index in [1.165, 1.54) is 6.33 Å². The Morgan fingerprint density at radius 2 is 1.90 bits per heavy atom. The molecule has 0 bridgehead atoms. The van der Waals surface area contributed by atoms with E-state index in [4.69, 9.17) is 21.1 Å². The zero-order chi connectivity index (χ0) is 14.8. The lowest BCUT2D eigenvalue weighted by Gasteiger charge is -2.19. The number of hydrogen-bond donors (Lipinski definition) is 0. The Morgan fingerprint density at radius 1 is 1.14 bits per heavy atom. The van der Waals surface area contributed by atoms with E-state index in [0.29, 0.717) is 18.4 Å². The molecule has 0 saturated heterocycles. The summed E-state index contributed by atoms with van der Waals surface area (Å²) < 4.78 is 11.1. The van der Waals surface area contributed by atoms with Crippen molar-refractivity contribution in [2.24, 2.45) is 0 Å². The number of halogens is 1. The van der Waals surface area contributed by atoms with Gasteiger partial charge in [-0.2, -0.15) is 0 Å². The predicted octanol–water partition coefficient (Wildman–Crippen LogP) is 4.18. The Bertz CT molecular complexity index is 664. The number of rotatable bonds is 3. The quantitative estimate of drug-likeness (QED) is 0.793. The molecule has 2 heterocycles. The third-order valence-electron chi connectivity index (χ3n) is 3.10. The van der Waals surface area contributed by atoms with Crippen LogP contribution < -0.4 is 9.47 Å². The van der Waals surface area contributed by atoms with Crippen LogP contribution in [0.4, 0.5) is 0 Å². The van der Waals surface area contributed by atoms with Crippen molar-refractivity contribution in [2.75, 3.05) is 13.2 Å². The molecule has 0 aliphatic carbocycles. The first kappa shape index (κ1) is 14.5. The molecule has 6 heteroatoms. The van der Waals surface area contributed by atoms with Gasteiger partial charge in [-0.05, 0) is 24.1 Å². The molecular weight excluding hydrogens is 308 g/mol. The minimum absolute atomic E-state index is 0.262. The maximum Gasteiger partial charge on any atom is 0.162 e. The molecule has 1 aliphatic rings. The Morgan fingerprint density at radius 3 is 2.67 bits per heavy atom. The van der Waals surface area contributed by atoms with E-state index in [9.17, 15) is 0 Å². The molecular formula is C15H15ClN2O2S. The van der Waals surface area contributed by atoms with Crippen LogP contribution in [0.25, 0.3) is 0 Å². The van der Waals surface area contributed by atoms with E-state index in [2.05, 4.69) is 23.8 Å². The first-order chi connectivity index (χ1) is 10.1. The van der Waals surface area contributed by atoms with Crippen LogP contribution in [-0.4, -0.2) is 23.2 Å². The summed E-state index contributed by atoms with van der Waals surface area (Å²) in [6.45, 7) is 5.34. The highest BCUT2D eigenvalue weighted by Crippen LogP contribution is 2.39. The number of nitrogens with zero attached hydrogens (tertiary/aromatic N) is 2. The minimum Gasteiger partial charge on any atom is -0.486 e. The summed E-state index contributed by atoms with van der Waals surface area (Å²) in [5, 5.41) is 1.39. The lowest BCUT2D eigenvalue weighted by molar-refractivity contribution is 0.171. The molecule has 0 N–H and O–H groups in total. The number of aromatic nitrogens is 2. The van der Waals surface area contributed by atoms with E-state index in [-0.39, 0.29) is 5.92 Å². The van der Waals surface area contributed by atoms with Crippen molar-refractivity contribution in [3.05, 3.63) is 35.2 Å². The minimum atomic E-state index is 0.262. The number of hydrogen-bond acceptors (Lipinski definition) is 5. The maximum atomic E-state index is 6.20. The summed E-state index contributed by atoms with van der Waals surface area (Å²) >= 11 is 7.76. The van der Waals surface area contributed by atoms with Gasteiger partial charge in [0, 0.05) is 10.5 Å². The van der Waals surface area contributed by atoms with Crippen molar-refractivity contribution < 1.29 is 9.47 Å². The van der Waals surface area contributed by atoms with E-state index < -0.39 is 0 Å². The predicted molar refractivity (Wildman–Crippen MR) is 82.7 cm³/mol. The van der Waals surface area contributed by atoms with Crippen molar-refractivity contribution >= 4 is 23.4 Å². The van der Waals surface area contributed by atoms with Crippen LogP contribution in [-0.2, 0) is 0 Å². The fourth-order valence-electron chi connectivity index (χ4n) is 2.12. The van der Waals surface area contributed by atoms with E-state index in [1.54, 1.807) is 11.8 Å². The smallest absolute Gasteiger partial charge is 0.162 e. The number of benzene rings is 1. The second-order valence-electron chi connectivity index (χ2n) is 4.95. The molecule has 0 saturated carbocycles. The highest BCUT2D eigenvalue weighted by atomic mass is 35.5. The Balaban J connectivity index is 1.92. The van der Waals surface area contributed by atoms with Crippen LogP contribution in [0.15, 0.2) is 34.4 Å². The van der Waals surface area contributed by atoms with E-state index >= 15 is 0 Å². The molecule has 0 spiro atoms. The van der Waals surface area contributed by atoms with Gasteiger partial charge in [0.05, 0.1) is 0 Å². The highest BCUT2D eigenvalue weighted by Gasteiger charge is 2.17. The second kappa shape index (κ2) is 6.12. The van der Waals surface area contributed by atoms with Gasteiger partial charge >= 0.3 is 0 Å². The van der Waals surface area contributed by atoms with Gasteiger partial charge in [-0.3, -0.25) is 0 Å². The standard InChI is InChI=1S/C15H15ClN2O2S/c1-9(2)13-14(16)17-8-18-15(13)21-10-3-4-11-12(7-10)20-6-5-19-11/h3-4,7-9H,5-6H2,1-2H3. The molecule has 1 aromatic carbocycles. The zero-order valence-electron chi connectivity index (χ0n) is 11.8. The molecule has 0 atom stereocenters. The third kappa shape index (κ3) is 3.09. The van der Waals surface area contributed by atoms with Crippen molar-refractivity contribution in [2.45, 2.75) is 29.7 Å². The number of ether oxygens (including phenoxy) is 2. The summed E-state index contributed by atoms with van der Waals surface area (Å²) in [4.78, 5) is 9.47. The maximum absolute atomic E-state index is 6.20. The van der Waals surface area contributed by atoms with Crippen LogP contribution >= 0.6 is 23.4 Å². The van der Waals surface area contributed by atoms with Crippen LogP contribution in [0, 0.1) is 0 Å². The van der Waals surface area contributed by atoms with Crippen molar-refractivity contribution in [1.29, 1.82) is 0 Å². The summed E-state index contributed by atoms with van der Waals surface area (Å²) in [5.41, 5.74) is 0.971. The van der Waals surface area contributed by atoms with Crippen LogP contribution in [0.3, 0.4) is 0 Å². The number of fused-ring (bicyclic) bond motifs is 1. The molecule has 0 unspecified atom stereocenters. The second-order valence-corrected chi connectivity index (χ2v) is 6.37. The summed E-state index contributed by atoms with van der Waals surface area (Å²) in [7, 11) is 0. The Hall–Kier alpha value is -1.46. The first-order valence-electron chi connectivity index (χ1n) is 6.73. The van der Waals surface area contributed by atoms with Gasteiger partial charge in [0.2, 0.25) is 0 Å². The zero-order valence-corrected chi connectivity index (χ0v) is 13.4. The highest BCUT2D eigenvalue weighted by molar-refractivity contribution is 7.99. The molecule has 1 aliphatic heterocycles. The van der Waals surface area contributed by atoms with E-state index in [1.807, 2.05) is 18.2 Å². The summed E-state index contributed by atoms with van der Waals surface area (Å²) in [6, 6.07) is 5.90. The first-order valence-corrected chi connectivity index (χ1v) is 7.92. The fraction of sp³-hybridized carbons (Fsp3) is 0.333. The van der Waals surface area contributed by atoms with Gasteiger partial charge < -0.3 is 9.47 Å². The van der Waals surface area contributed by atoms with Gasteiger partial charge in [-0.1, -0.05) is 37.2 Å². The average molecular weight is 323 g/mol. The summed E-state index contributed by atoms with van der Waals surface area (Å²) in [6.07, 6.45) is 1.49. The Kier molecular flexibility index (Phi) is 4.22. The van der Waals surface area contributed by atoms with Gasteiger partial charge in [-0.15, -0.1) is 0 Å². The normalized spacial score (nSPS) is 13.5. The fourth-order valence-corrected chi connectivity index (χ4v) is 3.60. The van der Waals surface area contributed by atoms with Crippen LogP contribution in [0.1, 0.15) is 25.3 Å². The topological polar surface area (TPSA) is 44.2 Å². The van der Waals surface area contributed by atoms with Crippen molar-refractivity contribution in [3.8, 4) is 11.5 Å². The van der Waals surface area contributed by atoms with Crippen LogP contribution in [0.5, 0.6) is 11.5 Å². The van der Waals surface area contributed by atoms with E-state index in [0.717, 1.165) is 27.0 Å².